The van der Waals surface area contributed by atoms with Gasteiger partial charge in [0.15, 0.2) is 0 Å². The molecule has 1 aromatic rings. The highest BCUT2D eigenvalue weighted by Crippen LogP contribution is 2.67. The molecular weight excluding hydrogens is 550 g/mol. The van der Waals surface area contributed by atoms with Crippen LogP contribution in [0.3, 0.4) is 0 Å². The number of carbonyl (C=O) groups excluding carboxylic acids is 3. The number of thioether (sulfide) groups is 1. The molecule has 1 N–H and O–H groups in total. The average molecular weight is 598 g/mol. The second kappa shape index (κ2) is 13.7. The number of hydrogen-bond acceptors (Lipinski definition) is 7. The molecule has 8 nitrogen and oxygen atoms in total. The summed E-state index contributed by atoms with van der Waals surface area (Å²) in [6.45, 7) is 17.8. The normalized spacial score (nSPS) is 26.7. The van der Waals surface area contributed by atoms with Gasteiger partial charge < -0.3 is 24.5 Å². The molecule has 1 aromatic carbocycles. The van der Waals surface area contributed by atoms with E-state index >= 15 is 0 Å². The minimum absolute atomic E-state index is 0.0730. The molecule has 3 saturated heterocycles. The predicted molar refractivity (Wildman–Crippen MR) is 170 cm³/mol. The summed E-state index contributed by atoms with van der Waals surface area (Å²) >= 11 is 1.62. The summed E-state index contributed by atoms with van der Waals surface area (Å²) in [5.74, 6) is -2.13. The van der Waals surface area contributed by atoms with Gasteiger partial charge in [0.05, 0.1) is 35.8 Å². The Kier molecular flexibility index (Phi) is 10.5. The molecule has 230 valence electrons. The summed E-state index contributed by atoms with van der Waals surface area (Å²) in [7, 11) is 0. The van der Waals surface area contributed by atoms with Crippen LogP contribution >= 0.6 is 11.8 Å². The first-order valence-electron chi connectivity index (χ1n) is 15.4. The fraction of sp³-hybridized carbons (Fsp3) is 0.606. The van der Waals surface area contributed by atoms with E-state index in [4.69, 9.17) is 4.74 Å². The van der Waals surface area contributed by atoms with E-state index in [9.17, 15) is 19.5 Å². The number of allylic oxidation sites excluding steroid dienone is 1. The molecule has 3 fully saturated rings. The summed E-state index contributed by atoms with van der Waals surface area (Å²) in [5.41, 5.74) is 1.80. The van der Waals surface area contributed by atoms with Crippen LogP contribution in [0.15, 0.2) is 49.6 Å². The third-order valence-electron chi connectivity index (χ3n) is 9.22. The SMILES string of the molecule is C=CCCCOC(=O)[C@@H]1[C@H]2C(=O)N([C@@H](CO)C(C)C)C(C(=O)N(CC=C)c3ccc(N(CC)CC)cc3)C23CC[C@H]1S3. The van der Waals surface area contributed by atoms with Crippen LogP contribution in [0, 0.1) is 17.8 Å². The Morgan fingerprint density at radius 2 is 1.83 bits per heavy atom. The molecule has 6 atom stereocenters. The summed E-state index contributed by atoms with van der Waals surface area (Å²) in [4.78, 5) is 48.1. The molecule has 42 heavy (non-hydrogen) atoms. The van der Waals surface area contributed by atoms with Gasteiger partial charge in [-0.2, -0.15) is 0 Å². The Labute approximate surface area is 255 Å². The quantitative estimate of drug-likeness (QED) is 0.179. The number of esters is 1. The lowest BCUT2D eigenvalue weighted by atomic mass is 9.71. The fourth-order valence-corrected chi connectivity index (χ4v) is 9.33. The number of fused-ring (bicyclic) bond motifs is 1. The van der Waals surface area contributed by atoms with Gasteiger partial charge in [0.25, 0.3) is 5.91 Å². The van der Waals surface area contributed by atoms with Gasteiger partial charge in [-0.05, 0) is 69.7 Å². The molecule has 3 aliphatic rings. The number of nitrogens with zero attached hydrogens (tertiary/aromatic N) is 3. The van der Waals surface area contributed by atoms with E-state index in [1.54, 1.807) is 33.7 Å². The number of rotatable bonds is 15. The van der Waals surface area contributed by atoms with Gasteiger partial charge in [0, 0.05) is 36.3 Å². The summed E-state index contributed by atoms with van der Waals surface area (Å²) in [6, 6.07) is 6.56. The third-order valence-corrected chi connectivity index (χ3v) is 11.2. The molecule has 0 radical (unpaired) electrons. The molecule has 2 bridgehead atoms. The number of unbranched alkanes of at least 4 members (excludes halogenated alkanes) is 1. The van der Waals surface area contributed by atoms with Crippen molar-refractivity contribution in [1.29, 1.82) is 0 Å². The van der Waals surface area contributed by atoms with E-state index in [2.05, 4.69) is 31.9 Å². The molecule has 3 heterocycles. The lowest BCUT2D eigenvalue weighted by molar-refractivity contribution is -0.154. The number of carbonyl (C=O) groups is 3. The lowest BCUT2D eigenvalue weighted by Gasteiger charge is -2.40. The highest BCUT2D eigenvalue weighted by Gasteiger charge is 2.75. The zero-order chi connectivity index (χ0) is 30.6. The van der Waals surface area contributed by atoms with Crippen molar-refractivity contribution < 1.29 is 24.2 Å². The first kappa shape index (κ1) is 32.1. The number of ether oxygens (including phenoxy) is 1. The Balaban J connectivity index is 1.73. The monoisotopic (exact) mass is 597 g/mol. The van der Waals surface area contributed by atoms with E-state index < -0.39 is 28.7 Å². The van der Waals surface area contributed by atoms with Crippen LogP contribution in [0.25, 0.3) is 0 Å². The summed E-state index contributed by atoms with van der Waals surface area (Å²) in [6.07, 6.45) is 6.31. The van der Waals surface area contributed by atoms with Crippen LogP contribution in [0.4, 0.5) is 11.4 Å². The molecule has 0 saturated carbocycles. The number of benzene rings is 1. The van der Waals surface area contributed by atoms with Crippen molar-refractivity contribution in [3.05, 3.63) is 49.6 Å². The van der Waals surface area contributed by atoms with Gasteiger partial charge in [-0.1, -0.05) is 26.0 Å². The number of anilines is 2. The summed E-state index contributed by atoms with van der Waals surface area (Å²) in [5, 5.41) is 10.4. The van der Waals surface area contributed by atoms with Crippen LogP contribution in [0.5, 0.6) is 0 Å². The molecule has 2 amide bonds. The molecule has 2 unspecified atom stereocenters. The van der Waals surface area contributed by atoms with Crippen molar-refractivity contribution in [2.75, 3.05) is 42.6 Å². The average Bonchev–Trinajstić information content (AvgIpc) is 3.63. The molecule has 0 aromatic heterocycles. The van der Waals surface area contributed by atoms with E-state index in [0.29, 0.717) is 12.8 Å². The van der Waals surface area contributed by atoms with E-state index in [-0.39, 0.29) is 48.7 Å². The first-order valence-corrected chi connectivity index (χ1v) is 16.2. The number of aliphatic hydroxyl groups is 1. The molecule has 3 aliphatic heterocycles. The van der Waals surface area contributed by atoms with Crippen molar-refractivity contribution in [2.45, 2.75) is 75.5 Å². The zero-order valence-electron chi connectivity index (χ0n) is 25.5. The number of aliphatic hydroxyl groups excluding tert-OH is 1. The number of likely N-dealkylation sites (tertiary alicyclic amines) is 1. The summed E-state index contributed by atoms with van der Waals surface area (Å²) < 4.78 is 4.91. The third kappa shape index (κ3) is 5.62. The minimum atomic E-state index is -0.814. The van der Waals surface area contributed by atoms with E-state index in [1.807, 2.05) is 38.1 Å². The van der Waals surface area contributed by atoms with Gasteiger partial charge in [0.1, 0.15) is 6.04 Å². The van der Waals surface area contributed by atoms with Gasteiger partial charge in [-0.15, -0.1) is 24.9 Å². The molecule has 0 aliphatic carbocycles. The minimum Gasteiger partial charge on any atom is -0.465 e. The second-order valence-corrected chi connectivity index (χ2v) is 13.4. The van der Waals surface area contributed by atoms with Gasteiger partial charge in [-0.25, -0.2) is 0 Å². The van der Waals surface area contributed by atoms with Crippen molar-refractivity contribution in [1.82, 2.24) is 4.90 Å². The van der Waals surface area contributed by atoms with Gasteiger partial charge >= 0.3 is 5.97 Å². The predicted octanol–water partition coefficient (Wildman–Crippen LogP) is 4.67. The van der Waals surface area contributed by atoms with Crippen molar-refractivity contribution in [3.63, 3.8) is 0 Å². The lowest BCUT2D eigenvalue weighted by Crippen LogP contribution is -2.58. The Morgan fingerprint density at radius 1 is 1.17 bits per heavy atom. The second-order valence-electron chi connectivity index (χ2n) is 11.8. The zero-order valence-corrected chi connectivity index (χ0v) is 26.4. The van der Waals surface area contributed by atoms with Crippen LogP contribution in [-0.4, -0.2) is 82.7 Å². The maximum absolute atomic E-state index is 14.8. The van der Waals surface area contributed by atoms with Crippen LogP contribution in [0.1, 0.15) is 53.4 Å². The smallest absolute Gasteiger partial charge is 0.310 e. The van der Waals surface area contributed by atoms with Crippen LogP contribution < -0.4 is 9.80 Å². The van der Waals surface area contributed by atoms with Crippen LogP contribution in [-0.2, 0) is 19.1 Å². The highest BCUT2D eigenvalue weighted by atomic mass is 32.2. The Bertz CT molecular complexity index is 1150. The fourth-order valence-electron chi connectivity index (χ4n) is 7.14. The van der Waals surface area contributed by atoms with Gasteiger partial charge in [0.2, 0.25) is 5.91 Å². The van der Waals surface area contributed by atoms with E-state index in [1.165, 1.54) is 0 Å². The maximum atomic E-state index is 14.8. The van der Waals surface area contributed by atoms with Crippen molar-refractivity contribution in [2.24, 2.45) is 17.8 Å². The maximum Gasteiger partial charge on any atom is 0.310 e. The first-order chi connectivity index (χ1) is 20.2. The Morgan fingerprint density at radius 3 is 2.40 bits per heavy atom. The van der Waals surface area contributed by atoms with Crippen molar-refractivity contribution in [3.8, 4) is 0 Å². The standard InChI is InChI=1S/C33H47N3O5S/c1-7-11-12-20-41-32(40)27-26-17-18-33(42-26)28(27)30(38)36(25(21-37)22(5)6)29(33)31(39)35(19-8-2)24-15-13-23(14-16-24)34(9-3)10-4/h7-8,13-16,22,25-29,37H,1-2,9-12,17-21H2,3-6H3/t25-,26+,27-,28-,29?,33?/m0/s1. The molecule has 4 rings (SSSR count). The Hall–Kier alpha value is -2.78. The highest BCUT2D eigenvalue weighted by molar-refractivity contribution is 8.02. The van der Waals surface area contributed by atoms with Gasteiger partial charge in [-0.3, -0.25) is 14.4 Å². The number of amides is 2. The topological polar surface area (TPSA) is 90.4 Å². The largest absolute Gasteiger partial charge is 0.465 e. The molecular formula is C33H47N3O5S. The van der Waals surface area contributed by atoms with Crippen molar-refractivity contribution >= 4 is 40.9 Å². The molecule has 9 heteroatoms. The molecule has 1 spiro atoms. The van der Waals surface area contributed by atoms with E-state index in [0.717, 1.165) is 37.3 Å². The van der Waals surface area contributed by atoms with Crippen LogP contribution in [0.2, 0.25) is 0 Å². The number of hydrogen-bond donors (Lipinski definition) is 1.